The van der Waals surface area contributed by atoms with Crippen LogP contribution in [-0.2, 0) is 0 Å². The van der Waals surface area contributed by atoms with Gasteiger partial charge in [0.2, 0.25) is 0 Å². The highest BCUT2D eigenvalue weighted by molar-refractivity contribution is 7.20. The maximum atomic E-state index is 11.2. The number of nitro benzene ring substituents is 1. The van der Waals surface area contributed by atoms with E-state index in [4.69, 9.17) is 0 Å². The predicted molar refractivity (Wildman–Crippen MR) is 112 cm³/mol. The molecule has 0 amide bonds. The van der Waals surface area contributed by atoms with Gasteiger partial charge < -0.3 is 10.2 Å². The minimum absolute atomic E-state index is 0.265. The zero-order valence-corrected chi connectivity index (χ0v) is 16.5. The Kier molecular flexibility index (Phi) is 4.46. The topological polar surface area (TPSA) is 132 Å². The molecule has 1 unspecified atom stereocenters. The molecule has 0 aliphatic heterocycles. The van der Waals surface area contributed by atoms with Crippen LogP contribution in [0.1, 0.15) is 17.5 Å². The number of aromatic hydroxyl groups is 1. The van der Waals surface area contributed by atoms with Crippen molar-refractivity contribution in [3.8, 4) is 21.9 Å². The number of phenols is 1. The third-order valence-electron chi connectivity index (χ3n) is 4.81. The van der Waals surface area contributed by atoms with Crippen LogP contribution in [0.15, 0.2) is 67.3 Å². The Morgan fingerprint density at radius 3 is 2.74 bits per heavy atom. The number of thiazole rings is 1. The summed E-state index contributed by atoms with van der Waals surface area (Å²) in [5, 5.41) is 40.0. The smallest absolute Gasteiger partial charge is 0.312 e. The zero-order chi connectivity index (χ0) is 21.5. The predicted octanol–water partition coefficient (Wildman–Crippen LogP) is 3.34. The highest BCUT2D eigenvalue weighted by Gasteiger charge is 2.25. The molecule has 0 spiro atoms. The number of fused-ring (bicyclic) bond motifs is 1. The van der Waals surface area contributed by atoms with Gasteiger partial charge >= 0.3 is 5.69 Å². The average molecular weight is 434 g/mol. The van der Waals surface area contributed by atoms with Gasteiger partial charge in [-0.2, -0.15) is 0 Å². The summed E-state index contributed by atoms with van der Waals surface area (Å²) in [5.74, 6) is -0.442. The third kappa shape index (κ3) is 3.21. The largest absolute Gasteiger partial charge is 0.502 e. The SMILES string of the molecule is O=[N+]([O-])c1cc(-n2cc(C(O)c3c(-c4ccccc4)sc4cncn34)nn2)ccc1O. The van der Waals surface area contributed by atoms with E-state index in [1.54, 1.807) is 12.5 Å². The molecular formula is C20H14N6O4S. The lowest BCUT2D eigenvalue weighted by molar-refractivity contribution is -0.385. The Bertz CT molecular complexity index is 1410. The van der Waals surface area contributed by atoms with E-state index in [0.29, 0.717) is 11.4 Å². The van der Waals surface area contributed by atoms with E-state index in [2.05, 4.69) is 15.3 Å². The average Bonchev–Trinajstić information content (AvgIpc) is 3.50. The maximum Gasteiger partial charge on any atom is 0.312 e. The van der Waals surface area contributed by atoms with Gasteiger partial charge in [0.05, 0.1) is 33.6 Å². The molecule has 0 radical (unpaired) electrons. The number of phenolic OH excluding ortho intramolecular Hbond substituents is 1. The minimum atomic E-state index is -1.11. The molecule has 3 aromatic heterocycles. The molecule has 1 atom stereocenters. The normalized spacial score (nSPS) is 12.3. The number of hydrogen-bond acceptors (Lipinski definition) is 8. The van der Waals surface area contributed by atoms with Crippen LogP contribution in [0.4, 0.5) is 5.69 Å². The van der Waals surface area contributed by atoms with Crippen molar-refractivity contribution in [3.05, 3.63) is 88.8 Å². The van der Waals surface area contributed by atoms with E-state index in [9.17, 15) is 20.3 Å². The number of rotatable bonds is 5. The van der Waals surface area contributed by atoms with Crippen LogP contribution in [-0.4, -0.2) is 39.5 Å². The van der Waals surface area contributed by atoms with Crippen LogP contribution in [0.2, 0.25) is 0 Å². The van der Waals surface area contributed by atoms with Gasteiger partial charge in [-0.3, -0.25) is 14.5 Å². The van der Waals surface area contributed by atoms with Gasteiger partial charge in [0, 0.05) is 6.07 Å². The second-order valence-corrected chi connectivity index (χ2v) is 7.74. The molecule has 0 aliphatic rings. The molecule has 11 heteroatoms. The molecule has 5 rings (SSSR count). The maximum absolute atomic E-state index is 11.2. The first-order valence-electron chi connectivity index (χ1n) is 9.11. The first-order valence-corrected chi connectivity index (χ1v) is 9.93. The Morgan fingerprint density at radius 1 is 1.16 bits per heavy atom. The fourth-order valence-electron chi connectivity index (χ4n) is 3.33. The van der Waals surface area contributed by atoms with E-state index >= 15 is 0 Å². The lowest BCUT2D eigenvalue weighted by atomic mass is 10.1. The summed E-state index contributed by atoms with van der Waals surface area (Å²) in [6.45, 7) is 0. The van der Waals surface area contributed by atoms with Gasteiger partial charge in [0.25, 0.3) is 0 Å². The summed E-state index contributed by atoms with van der Waals surface area (Å²) < 4.78 is 3.12. The van der Waals surface area contributed by atoms with E-state index < -0.39 is 22.5 Å². The van der Waals surface area contributed by atoms with Gasteiger partial charge in [-0.15, -0.1) is 16.4 Å². The molecule has 5 aromatic rings. The second-order valence-electron chi connectivity index (χ2n) is 6.70. The Balaban J connectivity index is 1.57. The molecule has 31 heavy (non-hydrogen) atoms. The molecule has 3 heterocycles. The van der Waals surface area contributed by atoms with Crippen LogP contribution in [0.3, 0.4) is 0 Å². The zero-order valence-electron chi connectivity index (χ0n) is 15.7. The minimum Gasteiger partial charge on any atom is -0.502 e. The van der Waals surface area contributed by atoms with E-state index in [-0.39, 0.29) is 5.69 Å². The molecule has 0 bridgehead atoms. The van der Waals surface area contributed by atoms with Gasteiger partial charge in [-0.05, 0) is 17.7 Å². The summed E-state index contributed by atoms with van der Waals surface area (Å²) in [4.78, 5) is 16.3. The van der Waals surface area contributed by atoms with Gasteiger partial charge in [-0.25, -0.2) is 9.67 Å². The van der Waals surface area contributed by atoms with Crippen molar-refractivity contribution in [3.63, 3.8) is 0 Å². The molecule has 0 fully saturated rings. The highest BCUT2D eigenvalue weighted by Crippen LogP contribution is 2.38. The Labute approximate surface area is 178 Å². The van der Waals surface area contributed by atoms with Crippen molar-refractivity contribution in [1.82, 2.24) is 24.4 Å². The lowest BCUT2D eigenvalue weighted by Crippen LogP contribution is -2.05. The molecule has 0 saturated carbocycles. The summed E-state index contributed by atoms with van der Waals surface area (Å²) in [6.07, 6.45) is 3.74. The van der Waals surface area contributed by atoms with Crippen molar-refractivity contribution in [2.45, 2.75) is 6.10 Å². The summed E-state index contributed by atoms with van der Waals surface area (Å²) in [5.41, 5.74) is 1.71. The van der Waals surface area contributed by atoms with E-state index in [1.807, 2.05) is 34.7 Å². The summed E-state index contributed by atoms with van der Waals surface area (Å²) in [6, 6.07) is 13.6. The van der Waals surface area contributed by atoms with Crippen molar-refractivity contribution < 1.29 is 15.1 Å². The molecule has 10 nitrogen and oxygen atoms in total. The summed E-state index contributed by atoms with van der Waals surface area (Å²) >= 11 is 1.50. The van der Waals surface area contributed by atoms with Crippen LogP contribution in [0.25, 0.3) is 21.0 Å². The number of imidazole rings is 1. The molecule has 0 saturated heterocycles. The van der Waals surface area contributed by atoms with E-state index in [1.165, 1.54) is 40.4 Å². The quantitative estimate of drug-likeness (QED) is 0.320. The monoisotopic (exact) mass is 434 g/mol. The van der Waals surface area contributed by atoms with Gasteiger partial charge in [0.1, 0.15) is 23.0 Å². The Morgan fingerprint density at radius 2 is 1.97 bits per heavy atom. The van der Waals surface area contributed by atoms with Crippen molar-refractivity contribution >= 4 is 21.9 Å². The van der Waals surface area contributed by atoms with Gasteiger partial charge in [-0.1, -0.05) is 35.5 Å². The first kappa shape index (κ1) is 18.9. The number of aromatic nitrogens is 5. The second kappa shape index (κ2) is 7.31. The number of nitrogens with zero attached hydrogens (tertiary/aromatic N) is 6. The number of aliphatic hydroxyl groups is 1. The van der Waals surface area contributed by atoms with Crippen molar-refractivity contribution in [2.24, 2.45) is 0 Å². The van der Waals surface area contributed by atoms with Crippen LogP contribution >= 0.6 is 11.3 Å². The molecule has 0 aliphatic carbocycles. The molecule has 2 N–H and O–H groups in total. The molecule has 2 aromatic carbocycles. The third-order valence-corrected chi connectivity index (χ3v) is 5.97. The lowest BCUT2D eigenvalue weighted by Gasteiger charge is -2.10. The fraction of sp³-hybridized carbons (Fsp3) is 0.0500. The van der Waals surface area contributed by atoms with Crippen molar-refractivity contribution in [2.75, 3.05) is 0 Å². The highest BCUT2D eigenvalue weighted by atomic mass is 32.1. The van der Waals surface area contributed by atoms with Crippen LogP contribution < -0.4 is 0 Å². The molecule has 154 valence electrons. The number of nitro groups is 1. The van der Waals surface area contributed by atoms with Crippen LogP contribution in [0, 0.1) is 10.1 Å². The Hall–Kier alpha value is -4.09. The number of hydrogen-bond donors (Lipinski definition) is 2. The number of aliphatic hydroxyl groups excluding tert-OH is 1. The van der Waals surface area contributed by atoms with E-state index in [0.717, 1.165) is 15.3 Å². The summed E-state index contributed by atoms with van der Waals surface area (Å²) in [7, 11) is 0. The standard InChI is InChI=1S/C20H14N6O4S/c27-16-7-6-13(8-15(16)26(29)30)25-10-14(22-23-25)19(28)18-20(12-4-2-1-3-5-12)31-17-9-21-11-24(17)18/h1-11,19,27-28H. The van der Waals surface area contributed by atoms with Crippen LogP contribution in [0.5, 0.6) is 5.75 Å². The molecular weight excluding hydrogens is 420 g/mol. The first-order chi connectivity index (χ1) is 15.0. The van der Waals surface area contributed by atoms with Crippen molar-refractivity contribution in [1.29, 1.82) is 0 Å². The number of benzene rings is 2. The van der Waals surface area contributed by atoms with Gasteiger partial charge in [0.15, 0.2) is 5.75 Å². The fourth-order valence-corrected chi connectivity index (χ4v) is 4.46.